The summed E-state index contributed by atoms with van der Waals surface area (Å²) in [6.45, 7) is 11.2. The molecule has 0 spiro atoms. The van der Waals surface area contributed by atoms with E-state index >= 15 is 0 Å². The van der Waals surface area contributed by atoms with E-state index in [1.54, 1.807) is 0 Å². The Morgan fingerprint density at radius 1 is 0.971 bits per heavy atom. The van der Waals surface area contributed by atoms with E-state index in [1.807, 2.05) is 41.3 Å². The fourth-order valence-electron chi connectivity index (χ4n) is 4.86. The lowest BCUT2D eigenvalue weighted by molar-refractivity contribution is -0.135. The van der Waals surface area contributed by atoms with E-state index in [4.69, 9.17) is 4.74 Å². The van der Waals surface area contributed by atoms with Crippen LogP contribution in [0.3, 0.4) is 0 Å². The van der Waals surface area contributed by atoms with E-state index in [9.17, 15) is 9.59 Å². The number of nitrogens with zero attached hydrogens (tertiary/aromatic N) is 3. The van der Waals surface area contributed by atoms with E-state index in [1.165, 1.54) is 5.69 Å². The zero-order valence-electron chi connectivity index (χ0n) is 21.0. The number of aryl methyl sites for hydroxylation is 1. The summed E-state index contributed by atoms with van der Waals surface area (Å²) >= 11 is 0. The zero-order chi connectivity index (χ0) is 24.6. The fraction of sp³-hybridized carbons (Fsp3) is 0.500. The number of piperazine rings is 1. The molecule has 2 aliphatic heterocycles. The van der Waals surface area contributed by atoms with Gasteiger partial charge in [0.15, 0.2) is 0 Å². The van der Waals surface area contributed by atoms with Crippen LogP contribution >= 0.6 is 0 Å². The average Bonchev–Trinajstić information content (AvgIpc) is 2.90. The lowest BCUT2D eigenvalue weighted by atomic mass is 9.95. The molecule has 2 aromatic rings. The summed E-state index contributed by atoms with van der Waals surface area (Å²) in [5, 5.41) is 3.13. The summed E-state index contributed by atoms with van der Waals surface area (Å²) in [5.41, 5.74) is 3.18. The van der Waals surface area contributed by atoms with Crippen molar-refractivity contribution in [2.45, 2.75) is 33.1 Å². The van der Waals surface area contributed by atoms with Crippen LogP contribution in [0.25, 0.3) is 0 Å². The Hall–Kier alpha value is -3.06. The maximum atomic E-state index is 12.9. The Morgan fingerprint density at radius 3 is 2.34 bits per heavy atom. The lowest BCUT2D eigenvalue weighted by Crippen LogP contribution is -2.46. The summed E-state index contributed by atoms with van der Waals surface area (Å²) in [7, 11) is 0. The molecule has 0 atom stereocenters. The van der Waals surface area contributed by atoms with Gasteiger partial charge in [-0.15, -0.1) is 0 Å². The van der Waals surface area contributed by atoms with Crippen LogP contribution in [0.5, 0.6) is 5.75 Å². The second kappa shape index (κ2) is 12.1. The van der Waals surface area contributed by atoms with Crippen molar-refractivity contribution in [1.29, 1.82) is 0 Å². The number of carbonyl (C=O) groups excluding carboxylic acids is 2. The van der Waals surface area contributed by atoms with Crippen LogP contribution in [0.2, 0.25) is 0 Å². The van der Waals surface area contributed by atoms with Gasteiger partial charge in [0, 0.05) is 56.6 Å². The number of nitrogens with one attached hydrogen (secondary N) is 1. The molecule has 0 aromatic heterocycles. The molecule has 2 amide bonds. The highest BCUT2D eigenvalue weighted by molar-refractivity contribution is 5.93. The molecule has 4 rings (SSSR count). The second-order valence-electron chi connectivity index (χ2n) is 9.48. The number of benzene rings is 2. The summed E-state index contributed by atoms with van der Waals surface area (Å²) in [6.07, 6.45) is 1.73. The van der Waals surface area contributed by atoms with Crippen molar-refractivity contribution in [2.24, 2.45) is 5.92 Å². The number of anilines is 2. The third-order valence-electron chi connectivity index (χ3n) is 7.20. The van der Waals surface area contributed by atoms with Crippen molar-refractivity contribution < 1.29 is 14.3 Å². The molecule has 7 nitrogen and oxygen atoms in total. The molecule has 0 radical (unpaired) electrons. The molecule has 0 bridgehead atoms. The highest BCUT2D eigenvalue weighted by Gasteiger charge is 2.27. The molecular formula is C28H38N4O3. The number of rotatable bonds is 8. The SMILES string of the molecule is CCN1CCN(c2ccc(NC(=O)C3CCN(C(=O)CCOc4ccccc4)CC3)c(C)c2)CC1. The first kappa shape index (κ1) is 25.0. The predicted octanol–water partition coefficient (Wildman–Crippen LogP) is 3.78. The molecule has 188 valence electrons. The molecule has 35 heavy (non-hydrogen) atoms. The maximum Gasteiger partial charge on any atom is 0.227 e. The third kappa shape index (κ3) is 6.75. The molecule has 0 aliphatic carbocycles. The van der Waals surface area contributed by atoms with Gasteiger partial charge in [-0.2, -0.15) is 0 Å². The van der Waals surface area contributed by atoms with Gasteiger partial charge in [-0.05, 0) is 62.2 Å². The lowest BCUT2D eigenvalue weighted by Gasteiger charge is -2.35. The molecule has 2 saturated heterocycles. The molecule has 2 heterocycles. The van der Waals surface area contributed by atoms with Crippen molar-refractivity contribution >= 4 is 23.2 Å². The molecule has 2 aromatic carbocycles. The molecule has 7 heteroatoms. The van der Waals surface area contributed by atoms with Crippen LogP contribution in [0.15, 0.2) is 48.5 Å². The minimum atomic E-state index is -0.0687. The Kier molecular flexibility index (Phi) is 8.64. The first-order valence-corrected chi connectivity index (χ1v) is 12.9. The topological polar surface area (TPSA) is 65.1 Å². The van der Waals surface area contributed by atoms with Crippen molar-refractivity contribution in [3.05, 3.63) is 54.1 Å². The Bertz CT molecular complexity index is 981. The van der Waals surface area contributed by atoms with Gasteiger partial charge >= 0.3 is 0 Å². The summed E-state index contributed by atoms with van der Waals surface area (Å²) in [5.74, 6) is 0.849. The maximum absolute atomic E-state index is 12.9. The second-order valence-corrected chi connectivity index (χ2v) is 9.48. The number of likely N-dealkylation sites (tertiary alicyclic amines) is 1. The number of hydrogen-bond acceptors (Lipinski definition) is 5. The summed E-state index contributed by atoms with van der Waals surface area (Å²) in [6, 6.07) is 15.9. The van der Waals surface area contributed by atoms with Crippen molar-refractivity contribution in [3.63, 3.8) is 0 Å². The number of carbonyl (C=O) groups is 2. The van der Waals surface area contributed by atoms with Crippen LogP contribution in [0.4, 0.5) is 11.4 Å². The number of piperidine rings is 1. The fourth-order valence-corrected chi connectivity index (χ4v) is 4.86. The van der Waals surface area contributed by atoms with Crippen LogP contribution in [0.1, 0.15) is 31.7 Å². The molecule has 0 unspecified atom stereocenters. The van der Waals surface area contributed by atoms with Crippen LogP contribution in [-0.4, -0.2) is 74.0 Å². The minimum Gasteiger partial charge on any atom is -0.493 e. The first-order valence-electron chi connectivity index (χ1n) is 12.9. The van der Waals surface area contributed by atoms with E-state index in [2.05, 4.69) is 41.1 Å². The van der Waals surface area contributed by atoms with Crippen molar-refractivity contribution in [1.82, 2.24) is 9.80 Å². The van der Waals surface area contributed by atoms with Crippen molar-refractivity contribution in [3.8, 4) is 5.75 Å². The minimum absolute atomic E-state index is 0.0527. The Morgan fingerprint density at radius 2 is 1.69 bits per heavy atom. The van der Waals surface area contributed by atoms with Gasteiger partial charge in [0.05, 0.1) is 13.0 Å². The number of hydrogen-bond donors (Lipinski definition) is 1. The quantitative estimate of drug-likeness (QED) is 0.626. The number of para-hydroxylation sites is 1. The number of amides is 2. The van der Waals surface area contributed by atoms with Gasteiger partial charge in [0.25, 0.3) is 0 Å². The third-order valence-corrected chi connectivity index (χ3v) is 7.20. The largest absolute Gasteiger partial charge is 0.493 e. The van der Waals surface area contributed by atoms with Gasteiger partial charge in [-0.25, -0.2) is 0 Å². The van der Waals surface area contributed by atoms with Gasteiger partial charge in [-0.3, -0.25) is 9.59 Å². The van der Waals surface area contributed by atoms with Crippen LogP contribution < -0.4 is 15.0 Å². The smallest absolute Gasteiger partial charge is 0.227 e. The monoisotopic (exact) mass is 478 g/mol. The molecule has 2 aliphatic rings. The first-order chi connectivity index (χ1) is 17.0. The van der Waals surface area contributed by atoms with E-state index in [0.29, 0.717) is 39.0 Å². The Balaban J connectivity index is 1.21. The van der Waals surface area contributed by atoms with E-state index in [0.717, 1.165) is 49.7 Å². The van der Waals surface area contributed by atoms with Gasteiger partial charge in [-0.1, -0.05) is 25.1 Å². The summed E-state index contributed by atoms with van der Waals surface area (Å²) in [4.78, 5) is 32.2. The van der Waals surface area contributed by atoms with Gasteiger partial charge < -0.3 is 24.8 Å². The van der Waals surface area contributed by atoms with Crippen LogP contribution in [0, 0.1) is 12.8 Å². The van der Waals surface area contributed by atoms with Crippen molar-refractivity contribution in [2.75, 3.05) is 62.6 Å². The average molecular weight is 479 g/mol. The molecule has 2 fully saturated rings. The Labute approximate surface area is 209 Å². The van der Waals surface area contributed by atoms with Gasteiger partial charge in [0.1, 0.15) is 5.75 Å². The number of ether oxygens (including phenoxy) is 1. The zero-order valence-corrected chi connectivity index (χ0v) is 21.0. The van der Waals surface area contributed by atoms with Gasteiger partial charge in [0.2, 0.25) is 11.8 Å². The highest BCUT2D eigenvalue weighted by Crippen LogP contribution is 2.26. The van der Waals surface area contributed by atoms with E-state index in [-0.39, 0.29) is 17.7 Å². The number of likely N-dealkylation sites (N-methyl/N-ethyl adjacent to an activating group) is 1. The predicted molar refractivity (Wildman–Crippen MR) is 140 cm³/mol. The van der Waals surface area contributed by atoms with Crippen LogP contribution in [-0.2, 0) is 9.59 Å². The molecule has 1 N–H and O–H groups in total. The van der Waals surface area contributed by atoms with E-state index < -0.39 is 0 Å². The standard InChI is InChI=1S/C28H38N4O3/c1-3-30-16-18-31(19-17-30)24-9-10-26(22(2)21-24)29-28(34)23-11-14-32(15-12-23)27(33)13-20-35-25-7-5-4-6-8-25/h4-10,21,23H,3,11-20H2,1-2H3,(H,29,34). The molecular weight excluding hydrogens is 440 g/mol. The normalized spacial score (nSPS) is 17.3. The summed E-state index contributed by atoms with van der Waals surface area (Å²) < 4.78 is 5.64. The highest BCUT2D eigenvalue weighted by atomic mass is 16.5. The molecule has 0 saturated carbocycles.